The molecule has 0 saturated carbocycles. The largest absolute Gasteiger partial charge is 0.497 e. The monoisotopic (exact) mass is 267 g/mol. The van der Waals surface area contributed by atoms with E-state index < -0.39 is 0 Å². The fourth-order valence-corrected chi connectivity index (χ4v) is 2.17. The molecule has 0 atom stereocenters. The predicted octanol–water partition coefficient (Wildman–Crippen LogP) is 3.01. The van der Waals surface area contributed by atoms with Crippen LogP contribution in [0.2, 0.25) is 0 Å². The molecule has 0 saturated heterocycles. The van der Waals surface area contributed by atoms with Gasteiger partial charge in [0, 0.05) is 0 Å². The first kappa shape index (κ1) is 12.4. The summed E-state index contributed by atoms with van der Waals surface area (Å²) in [4.78, 5) is 0. The van der Waals surface area contributed by atoms with Crippen LogP contribution >= 0.6 is 0 Å². The van der Waals surface area contributed by atoms with Gasteiger partial charge in [0.1, 0.15) is 19.0 Å². The maximum Gasteiger partial charge on any atom is 0.161 e. The summed E-state index contributed by atoms with van der Waals surface area (Å²) < 4.78 is 16.3. The standard InChI is InChI=1S/C16H13NO3/c1-18-14-7-11(10-17)6-13(8-14)12-2-3-15-16(9-12)20-5-4-19-15/h2-3,6-9H,4-5H2,1H3. The summed E-state index contributed by atoms with van der Waals surface area (Å²) in [5.74, 6) is 2.15. The number of hydrogen-bond donors (Lipinski definition) is 0. The van der Waals surface area contributed by atoms with Crippen LogP contribution in [0, 0.1) is 11.3 Å². The van der Waals surface area contributed by atoms with Crippen LogP contribution in [0.1, 0.15) is 5.56 Å². The van der Waals surface area contributed by atoms with Crippen molar-refractivity contribution in [1.82, 2.24) is 0 Å². The van der Waals surface area contributed by atoms with Gasteiger partial charge >= 0.3 is 0 Å². The van der Waals surface area contributed by atoms with Crippen molar-refractivity contribution in [3.8, 4) is 34.4 Å². The van der Waals surface area contributed by atoms with E-state index in [1.165, 1.54) is 0 Å². The lowest BCUT2D eigenvalue weighted by atomic mass is 10.0. The van der Waals surface area contributed by atoms with E-state index >= 15 is 0 Å². The average Bonchev–Trinajstić information content (AvgIpc) is 2.53. The number of rotatable bonds is 2. The molecule has 1 aliphatic rings. The molecule has 0 fully saturated rings. The highest BCUT2D eigenvalue weighted by atomic mass is 16.6. The Hall–Kier alpha value is -2.67. The van der Waals surface area contributed by atoms with Gasteiger partial charge < -0.3 is 14.2 Å². The number of methoxy groups -OCH3 is 1. The Bertz CT molecular complexity index is 689. The number of nitrogens with zero attached hydrogens (tertiary/aromatic N) is 1. The van der Waals surface area contributed by atoms with E-state index in [9.17, 15) is 0 Å². The van der Waals surface area contributed by atoms with Crippen LogP contribution in [0.3, 0.4) is 0 Å². The number of nitriles is 1. The Morgan fingerprint density at radius 1 is 1.00 bits per heavy atom. The SMILES string of the molecule is COc1cc(C#N)cc(-c2ccc3c(c2)OCCO3)c1. The van der Waals surface area contributed by atoms with Crippen molar-refractivity contribution in [2.45, 2.75) is 0 Å². The Morgan fingerprint density at radius 2 is 1.80 bits per heavy atom. The Balaban J connectivity index is 2.06. The molecule has 2 aromatic carbocycles. The number of ether oxygens (including phenoxy) is 3. The van der Waals surface area contributed by atoms with Gasteiger partial charge in [-0.3, -0.25) is 0 Å². The molecule has 0 amide bonds. The molecule has 0 radical (unpaired) electrons. The average molecular weight is 267 g/mol. The number of fused-ring (bicyclic) bond motifs is 1. The smallest absolute Gasteiger partial charge is 0.161 e. The maximum absolute atomic E-state index is 9.07. The summed E-state index contributed by atoms with van der Waals surface area (Å²) in [6.07, 6.45) is 0. The minimum Gasteiger partial charge on any atom is -0.497 e. The molecular weight excluding hydrogens is 254 g/mol. The van der Waals surface area contributed by atoms with Crippen LogP contribution in [0.25, 0.3) is 11.1 Å². The van der Waals surface area contributed by atoms with E-state index in [1.807, 2.05) is 30.3 Å². The molecule has 4 heteroatoms. The lowest BCUT2D eigenvalue weighted by molar-refractivity contribution is 0.171. The van der Waals surface area contributed by atoms with Crippen LogP contribution in [-0.4, -0.2) is 20.3 Å². The lowest BCUT2D eigenvalue weighted by Crippen LogP contribution is -2.15. The molecule has 1 heterocycles. The molecular formula is C16H13NO3. The topological polar surface area (TPSA) is 51.5 Å². The van der Waals surface area contributed by atoms with E-state index in [0.717, 1.165) is 22.6 Å². The summed E-state index contributed by atoms with van der Waals surface area (Å²) >= 11 is 0. The Kier molecular flexibility index (Phi) is 3.18. The first-order valence-electron chi connectivity index (χ1n) is 6.29. The maximum atomic E-state index is 9.07. The molecule has 0 bridgehead atoms. The van der Waals surface area contributed by atoms with Crippen LogP contribution in [0.5, 0.6) is 17.2 Å². The molecule has 0 aromatic heterocycles. The first-order chi connectivity index (χ1) is 9.80. The molecule has 100 valence electrons. The minimum atomic E-state index is 0.554. The fourth-order valence-electron chi connectivity index (χ4n) is 2.17. The summed E-state index contributed by atoms with van der Waals surface area (Å²) in [6.45, 7) is 1.13. The van der Waals surface area contributed by atoms with Gasteiger partial charge in [0.2, 0.25) is 0 Å². The third-order valence-electron chi connectivity index (χ3n) is 3.15. The van der Waals surface area contributed by atoms with Crippen molar-refractivity contribution in [3.05, 3.63) is 42.0 Å². The van der Waals surface area contributed by atoms with Gasteiger partial charge in [-0.05, 0) is 41.5 Å². The van der Waals surface area contributed by atoms with Gasteiger partial charge in [0.05, 0.1) is 18.7 Å². The van der Waals surface area contributed by atoms with Crippen molar-refractivity contribution < 1.29 is 14.2 Å². The second-order valence-corrected chi connectivity index (χ2v) is 4.42. The minimum absolute atomic E-state index is 0.554. The zero-order valence-electron chi connectivity index (χ0n) is 11.1. The van der Waals surface area contributed by atoms with Crippen molar-refractivity contribution in [1.29, 1.82) is 5.26 Å². The van der Waals surface area contributed by atoms with Crippen molar-refractivity contribution in [2.24, 2.45) is 0 Å². The van der Waals surface area contributed by atoms with E-state index in [1.54, 1.807) is 13.2 Å². The van der Waals surface area contributed by atoms with Crippen LogP contribution < -0.4 is 14.2 Å². The second-order valence-electron chi connectivity index (χ2n) is 4.42. The molecule has 1 aliphatic heterocycles. The molecule has 0 N–H and O–H groups in total. The molecule has 0 spiro atoms. The summed E-state index contributed by atoms with van der Waals surface area (Å²) in [5, 5.41) is 9.07. The summed E-state index contributed by atoms with van der Waals surface area (Å²) in [7, 11) is 1.59. The Morgan fingerprint density at radius 3 is 2.55 bits per heavy atom. The third kappa shape index (κ3) is 2.26. The van der Waals surface area contributed by atoms with E-state index in [4.69, 9.17) is 19.5 Å². The number of hydrogen-bond acceptors (Lipinski definition) is 4. The van der Waals surface area contributed by atoms with Crippen LogP contribution in [0.15, 0.2) is 36.4 Å². The zero-order chi connectivity index (χ0) is 13.9. The normalized spacial score (nSPS) is 12.6. The van der Waals surface area contributed by atoms with E-state index in [-0.39, 0.29) is 0 Å². The summed E-state index contributed by atoms with van der Waals surface area (Å²) in [6, 6.07) is 13.3. The van der Waals surface area contributed by atoms with Gasteiger partial charge in [-0.1, -0.05) is 6.07 Å². The zero-order valence-corrected chi connectivity index (χ0v) is 11.1. The third-order valence-corrected chi connectivity index (χ3v) is 3.15. The highest BCUT2D eigenvalue weighted by Gasteiger charge is 2.13. The van der Waals surface area contributed by atoms with Gasteiger partial charge in [-0.2, -0.15) is 5.26 Å². The lowest BCUT2D eigenvalue weighted by Gasteiger charge is -2.19. The van der Waals surface area contributed by atoms with Crippen molar-refractivity contribution >= 4 is 0 Å². The van der Waals surface area contributed by atoms with Gasteiger partial charge in [0.15, 0.2) is 11.5 Å². The Labute approximate surface area is 117 Å². The second kappa shape index (κ2) is 5.14. The van der Waals surface area contributed by atoms with Crippen LogP contribution in [0.4, 0.5) is 0 Å². The molecule has 3 rings (SSSR count). The number of benzene rings is 2. The first-order valence-corrected chi connectivity index (χ1v) is 6.29. The van der Waals surface area contributed by atoms with Gasteiger partial charge in [0.25, 0.3) is 0 Å². The highest BCUT2D eigenvalue weighted by Crippen LogP contribution is 2.35. The van der Waals surface area contributed by atoms with Gasteiger partial charge in [-0.25, -0.2) is 0 Å². The highest BCUT2D eigenvalue weighted by molar-refractivity contribution is 5.70. The van der Waals surface area contributed by atoms with E-state index in [0.29, 0.717) is 24.5 Å². The molecule has 20 heavy (non-hydrogen) atoms. The van der Waals surface area contributed by atoms with Crippen LogP contribution in [-0.2, 0) is 0 Å². The molecule has 0 aliphatic carbocycles. The van der Waals surface area contributed by atoms with Crippen molar-refractivity contribution in [2.75, 3.05) is 20.3 Å². The molecule has 2 aromatic rings. The summed E-state index contributed by atoms with van der Waals surface area (Å²) in [5.41, 5.74) is 2.44. The fraction of sp³-hybridized carbons (Fsp3) is 0.188. The molecule has 0 unspecified atom stereocenters. The van der Waals surface area contributed by atoms with Crippen molar-refractivity contribution in [3.63, 3.8) is 0 Å². The van der Waals surface area contributed by atoms with E-state index in [2.05, 4.69) is 6.07 Å². The quantitative estimate of drug-likeness (QED) is 0.839. The predicted molar refractivity (Wildman–Crippen MR) is 74.1 cm³/mol. The molecule has 4 nitrogen and oxygen atoms in total. The van der Waals surface area contributed by atoms with Gasteiger partial charge in [-0.15, -0.1) is 0 Å².